The summed E-state index contributed by atoms with van der Waals surface area (Å²) < 4.78 is 57.1. The van der Waals surface area contributed by atoms with Gasteiger partial charge in [-0.2, -0.15) is 0 Å². The second-order valence-corrected chi connectivity index (χ2v) is 8.29. The Balaban J connectivity index is 0.000000318. The zero-order valence-electron chi connectivity index (χ0n) is 11.7. The predicted octanol–water partition coefficient (Wildman–Crippen LogP) is 0.148. The first-order valence-corrected chi connectivity index (χ1v) is 10.1. The molecule has 0 unspecified atom stereocenters. The minimum absolute atomic E-state index is 1.13. The van der Waals surface area contributed by atoms with E-state index in [4.69, 9.17) is 0 Å². The predicted molar refractivity (Wildman–Crippen MR) is 94.0 cm³/mol. The standard InChI is InChI=1S/2C6H6S.CH4O6S2/c2*7-6-4-2-1-3-5-6;2-8(3,4)1-9(5,6)7/h2*1-5,7H;1H2,(H,2,3,4)(H,5,6,7). The van der Waals surface area contributed by atoms with Gasteiger partial charge in [-0.3, -0.25) is 0 Å². The Labute approximate surface area is 146 Å². The van der Waals surface area contributed by atoms with Gasteiger partial charge in [0.1, 0.15) is 35.1 Å². The SMILES string of the molecule is O=S(=O)([O-])CS(=O)(=O)[O-].[SH2+]c1ccccc1.[SH2+]c1ccccc1. The van der Waals surface area contributed by atoms with E-state index in [1.54, 1.807) is 0 Å². The first-order valence-electron chi connectivity index (χ1n) is 5.90. The fraction of sp³-hybridized carbons (Fsp3) is 0.0769. The second kappa shape index (κ2) is 10.7. The Morgan fingerprint density at radius 3 is 1.00 bits per heavy atom. The van der Waals surface area contributed by atoms with Crippen molar-refractivity contribution in [3.8, 4) is 0 Å². The summed E-state index contributed by atoms with van der Waals surface area (Å²) in [6.07, 6.45) is 0. The molecular weight excluding hydrogens is 380 g/mol. The largest absolute Gasteiger partial charge is 0.747 e. The molecule has 2 aromatic rings. The third-order valence-corrected chi connectivity index (χ3v) is 4.81. The summed E-state index contributed by atoms with van der Waals surface area (Å²) in [5.41, 5.74) is 0. The van der Waals surface area contributed by atoms with Gasteiger partial charge in [-0.25, -0.2) is 16.8 Å². The molecular formula is C13H16O6S4. The number of rotatable bonds is 2. The lowest BCUT2D eigenvalue weighted by Crippen LogP contribution is -2.14. The van der Waals surface area contributed by atoms with E-state index >= 15 is 0 Å². The van der Waals surface area contributed by atoms with Gasteiger partial charge in [0.15, 0.2) is 0 Å². The zero-order chi connectivity index (χ0) is 17.9. The highest BCUT2D eigenvalue weighted by atomic mass is 32.3. The van der Waals surface area contributed by atoms with Crippen LogP contribution in [0.3, 0.4) is 0 Å². The normalized spacial score (nSPS) is 10.6. The van der Waals surface area contributed by atoms with Crippen molar-refractivity contribution < 1.29 is 25.9 Å². The lowest BCUT2D eigenvalue weighted by atomic mass is 10.4. The van der Waals surface area contributed by atoms with Gasteiger partial charge in [0.2, 0.25) is 0 Å². The minimum atomic E-state index is -4.93. The van der Waals surface area contributed by atoms with Crippen LogP contribution in [0.1, 0.15) is 0 Å². The van der Waals surface area contributed by atoms with E-state index in [1.807, 2.05) is 60.7 Å². The van der Waals surface area contributed by atoms with Crippen molar-refractivity contribution in [2.75, 3.05) is 5.08 Å². The lowest BCUT2D eigenvalue weighted by Gasteiger charge is -2.08. The van der Waals surface area contributed by atoms with Crippen molar-refractivity contribution >= 4 is 45.5 Å². The molecule has 0 heterocycles. The van der Waals surface area contributed by atoms with Gasteiger partial charge in [-0.05, 0) is 49.5 Å². The van der Waals surface area contributed by atoms with Crippen molar-refractivity contribution in [2.24, 2.45) is 0 Å². The van der Waals surface area contributed by atoms with Crippen LogP contribution < -0.4 is 0 Å². The highest BCUT2D eigenvalue weighted by molar-refractivity contribution is 8.02. The van der Waals surface area contributed by atoms with E-state index in [0.717, 1.165) is 9.79 Å². The van der Waals surface area contributed by atoms with Crippen LogP contribution in [-0.4, -0.2) is 31.0 Å². The summed E-state index contributed by atoms with van der Waals surface area (Å²) in [5, 5.41) is -1.88. The van der Waals surface area contributed by atoms with Gasteiger partial charge in [0, 0.05) is 0 Å². The molecule has 0 amide bonds. The Hall–Kier alpha value is -1.04. The molecule has 0 aromatic heterocycles. The monoisotopic (exact) mass is 396 g/mol. The molecule has 128 valence electrons. The summed E-state index contributed by atoms with van der Waals surface area (Å²) in [6.45, 7) is 0. The third-order valence-electron chi connectivity index (χ3n) is 1.84. The fourth-order valence-electron chi connectivity index (χ4n) is 1.05. The Morgan fingerprint density at radius 1 is 0.652 bits per heavy atom. The summed E-state index contributed by atoms with van der Waals surface area (Å²) in [6, 6.07) is 19.9. The molecule has 6 nitrogen and oxygen atoms in total. The molecule has 0 saturated carbocycles. The molecule has 0 N–H and O–H groups in total. The molecule has 0 spiro atoms. The molecule has 0 bridgehead atoms. The van der Waals surface area contributed by atoms with Crippen LogP contribution in [0, 0.1) is 0 Å². The molecule has 10 heteroatoms. The van der Waals surface area contributed by atoms with E-state index in [2.05, 4.69) is 25.3 Å². The highest BCUT2D eigenvalue weighted by Crippen LogP contribution is 1.93. The van der Waals surface area contributed by atoms with Gasteiger partial charge in [-0.1, -0.05) is 36.4 Å². The van der Waals surface area contributed by atoms with Crippen LogP contribution in [0.25, 0.3) is 0 Å². The van der Waals surface area contributed by atoms with Gasteiger partial charge in [0.25, 0.3) is 0 Å². The Bertz CT molecular complexity index is 691. The average molecular weight is 397 g/mol. The molecule has 0 atom stereocenters. The maximum Gasteiger partial charge on any atom is 0.150 e. The smallest absolute Gasteiger partial charge is 0.150 e. The molecule has 2 aromatic carbocycles. The summed E-state index contributed by atoms with van der Waals surface area (Å²) in [4.78, 5) is 2.25. The molecule has 23 heavy (non-hydrogen) atoms. The van der Waals surface area contributed by atoms with Crippen LogP contribution in [0.4, 0.5) is 0 Å². The van der Waals surface area contributed by atoms with Gasteiger partial charge >= 0.3 is 0 Å². The first-order chi connectivity index (χ1) is 10.5. The summed E-state index contributed by atoms with van der Waals surface area (Å²) in [5.74, 6) is 0. The maximum atomic E-state index is 9.51. The molecule has 0 saturated heterocycles. The molecule has 0 aliphatic heterocycles. The van der Waals surface area contributed by atoms with Crippen LogP contribution in [0.2, 0.25) is 0 Å². The lowest BCUT2D eigenvalue weighted by molar-refractivity contribution is 0.451. The van der Waals surface area contributed by atoms with Gasteiger partial charge < -0.3 is 9.11 Å². The van der Waals surface area contributed by atoms with E-state index in [0.29, 0.717) is 0 Å². The average Bonchev–Trinajstić information content (AvgIpc) is 2.37. The first kappa shape index (κ1) is 22.0. The molecule has 0 aliphatic carbocycles. The fourth-order valence-corrected chi connectivity index (χ4v) is 2.85. The second-order valence-electron chi connectivity index (χ2n) is 3.97. The van der Waals surface area contributed by atoms with Crippen LogP contribution in [-0.2, 0) is 45.5 Å². The van der Waals surface area contributed by atoms with Gasteiger partial charge in [0.05, 0.1) is 0 Å². The van der Waals surface area contributed by atoms with E-state index < -0.39 is 25.3 Å². The van der Waals surface area contributed by atoms with Crippen LogP contribution in [0.5, 0.6) is 0 Å². The molecule has 2 rings (SSSR count). The van der Waals surface area contributed by atoms with E-state index in [-0.39, 0.29) is 0 Å². The molecule has 0 aliphatic rings. The Morgan fingerprint density at radius 2 is 0.913 bits per heavy atom. The van der Waals surface area contributed by atoms with Crippen molar-refractivity contribution in [3.05, 3.63) is 60.7 Å². The summed E-state index contributed by atoms with van der Waals surface area (Å²) in [7, 11) is -9.86. The highest BCUT2D eigenvalue weighted by Gasteiger charge is 2.00. The number of hydrogen-bond donors (Lipinski definition) is 0. The summed E-state index contributed by atoms with van der Waals surface area (Å²) >= 11 is 6.71. The van der Waals surface area contributed by atoms with Crippen molar-refractivity contribution in [2.45, 2.75) is 9.79 Å². The molecule has 0 radical (unpaired) electrons. The minimum Gasteiger partial charge on any atom is -0.747 e. The third kappa shape index (κ3) is 17.2. The van der Waals surface area contributed by atoms with E-state index in [9.17, 15) is 25.9 Å². The van der Waals surface area contributed by atoms with E-state index in [1.165, 1.54) is 0 Å². The zero-order valence-corrected chi connectivity index (χ0v) is 15.4. The van der Waals surface area contributed by atoms with Crippen molar-refractivity contribution in [1.29, 1.82) is 0 Å². The van der Waals surface area contributed by atoms with Crippen molar-refractivity contribution in [1.82, 2.24) is 0 Å². The maximum absolute atomic E-state index is 9.51. The van der Waals surface area contributed by atoms with Crippen LogP contribution >= 0.6 is 0 Å². The number of hydrogen-bond acceptors (Lipinski definition) is 6. The molecule has 0 fully saturated rings. The topological polar surface area (TPSA) is 114 Å². The number of benzene rings is 2. The Kier molecular flexibility index (Phi) is 10.2. The van der Waals surface area contributed by atoms with Crippen molar-refractivity contribution in [3.63, 3.8) is 0 Å². The van der Waals surface area contributed by atoms with Crippen LogP contribution in [0.15, 0.2) is 70.5 Å². The quantitative estimate of drug-likeness (QED) is 0.527. The van der Waals surface area contributed by atoms with Gasteiger partial charge in [-0.15, -0.1) is 0 Å².